The normalized spacial score (nSPS) is 10.8. The van der Waals surface area contributed by atoms with Gasteiger partial charge in [0, 0.05) is 13.1 Å². The molecule has 0 bridgehead atoms. The molecule has 1 aromatic carbocycles. The topological polar surface area (TPSA) is 90.3 Å². The Morgan fingerprint density at radius 2 is 2.11 bits per heavy atom. The Hall–Kier alpha value is -2.61. The average Bonchev–Trinajstić information content (AvgIpc) is 2.68. The number of nitrogens with one attached hydrogen (secondary N) is 1. The first-order valence-electron chi connectivity index (χ1n) is 9.08. The Labute approximate surface area is 168 Å². The smallest absolute Gasteiger partial charge is 0.316 e. The molecular formula is C20H25N3O4S. The van der Waals surface area contributed by atoms with E-state index in [1.54, 1.807) is 22.8 Å². The van der Waals surface area contributed by atoms with Crippen LogP contribution in [0.1, 0.15) is 20.3 Å². The maximum absolute atomic E-state index is 12.9. The number of ether oxygens (including phenoxy) is 1. The van der Waals surface area contributed by atoms with E-state index in [9.17, 15) is 14.4 Å². The van der Waals surface area contributed by atoms with Crippen molar-refractivity contribution in [1.29, 1.82) is 0 Å². The van der Waals surface area contributed by atoms with Gasteiger partial charge in [-0.05, 0) is 24.5 Å². The van der Waals surface area contributed by atoms with Crippen molar-refractivity contribution in [3.8, 4) is 0 Å². The van der Waals surface area contributed by atoms with Crippen molar-refractivity contribution in [3.63, 3.8) is 0 Å². The van der Waals surface area contributed by atoms with Crippen LogP contribution in [-0.4, -0.2) is 40.3 Å². The molecular weight excluding hydrogens is 378 g/mol. The van der Waals surface area contributed by atoms with Crippen LogP contribution in [0, 0.1) is 5.92 Å². The van der Waals surface area contributed by atoms with Gasteiger partial charge in [-0.3, -0.25) is 19.0 Å². The number of rotatable bonds is 10. The summed E-state index contributed by atoms with van der Waals surface area (Å²) in [6.07, 6.45) is 2.36. The lowest BCUT2D eigenvalue weighted by Crippen LogP contribution is -2.29. The molecule has 8 heteroatoms. The second kappa shape index (κ2) is 10.7. The largest absolute Gasteiger partial charge is 0.455 e. The first-order valence-corrected chi connectivity index (χ1v) is 10.1. The third-order valence-corrected chi connectivity index (χ3v) is 4.83. The number of amides is 1. The molecule has 0 aliphatic rings. The summed E-state index contributed by atoms with van der Waals surface area (Å²) in [5.74, 6) is -0.552. The standard InChI is InChI=1S/C20H25N3O4S/c1-4-10-21-17(24)12-27-18(25)13-28-20-22-16-8-6-5-7-15(16)19(26)23(20)11-9-14(2)3/h4-8,14H,1,9-13H2,2-3H3,(H,21,24). The van der Waals surface area contributed by atoms with Crippen molar-refractivity contribution in [1.82, 2.24) is 14.9 Å². The van der Waals surface area contributed by atoms with Crippen molar-refractivity contribution in [2.75, 3.05) is 18.9 Å². The van der Waals surface area contributed by atoms with Gasteiger partial charge in [-0.1, -0.05) is 43.8 Å². The van der Waals surface area contributed by atoms with Crippen LogP contribution in [0.25, 0.3) is 10.9 Å². The van der Waals surface area contributed by atoms with Crippen molar-refractivity contribution in [3.05, 3.63) is 47.3 Å². The number of hydrogen-bond donors (Lipinski definition) is 1. The summed E-state index contributed by atoms with van der Waals surface area (Å²) < 4.78 is 6.57. The van der Waals surface area contributed by atoms with Gasteiger partial charge in [-0.15, -0.1) is 6.58 Å². The number of benzene rings is 1. The second-order valence-corrected chi connectivity index (χ2v) is 7.54. The highest BCUT2D eigenvalue weighted by molar-refractivity contribution is 7.99. The van der Waals surface area contributed by atoms with Gasteiger partial charge in [0.2, 0.25) is 0 Å². The molecule has 2 rings (SSSR count). The number of hydrogen-bond acceptors (Lipinski definition) is 6. The Morgan fingerprint density at radius 1 is 1.36 bits per heavy atom. The summed E-state index contributed by atoms with van der Waals surface area (Å²) in [4.78, 5) is 40.8. The Kier molecular flexibility index (Phi) is 8.25. The van der Waals surface area contributed by atoms with Crippen LogP contribution in [0.5, 0.6) is 0 Å². The second-order valence-electron chi connectivity index (χ2n) is 6.59. The zero-order valence-electron chi connectivity index (χ0n) is 16.1. The fraction of sp³-hybridized carbons (Fsp3) is 0.400. The zero-order valence-corrected chi connectivity index (χ0v) is 17.0. The van der Waals surface area contributed by atoms with Crippen molar-refractivity contribution < 1.29 is 14.3 Å². The molecule has 0 unspecified atom stereocenters. The van der Waals surface area contributed by atoms with Gasteiger partial charge in [0.05, 0.1) is 16.7 Å². The number of esters is 1. The van der Waals surface area contributed by atoms with Crippen molar-refractivity contribution in [2.45, 2.75) is 32.0 Å². The third kappa shape index (κ3) is 6.23. The first kappa shape index (κ1) is 21.7. The molecule has 0 atom stereocenters. The van der Waals surface area contributed by atoms with Gasteiger partial charge in [0.25, 0.3) is 11.5 Å². The lowest BCUT2D eigenvalue weighted by molar-refractivity contribution is -0.145. The molecule has 0 saturated heterocycles. The van der Waals surface area contributed by atoms with Crippen molar-refractivity contribution in [2.24, 2.45) is 5.92 Å². The number of thioether (sulfide) groups is 1. The molecule has 7 nitrogen and oxygen atoms in total. The van der Waals surface area contributed by atoms with Gasteiger partial charge in [-0.25, -0.2) is 4.98 Å². The van der Waals surface area contributed by atoms with E-state index in [1.165, 1.54) is 6.08 Å². The minimum atomic E-state index is -0.545. The minimum Gasteiger partial charge on any atom is -0.455 e. The average molecular weight is 404 g/mol. The Morgan fingerprint density at radius 3 is 2.82 bits per heavy atom. The number of nitrogens with zero attached hydrogens (tertiary/aromatic N) is 2. The molecule has 1 aromatic heterocycles. The number of para-hydroxylation sites is 1. The highest BCUT2D eigenvalue weighted by atomic mass is 32.2. The van der Waals surface area contributed by atoms with Gasteiger partial charge < -0.3 is 10.1 Å². The summed E-state index contributed by atoms with van der Waals surface area (Å²) in [5, 5.41) is 3.55. The molecule has 0 fully saturated rings. The minimum absolute atomic E-state index is 0.0405. The van der Waals surface area contributed by atoms with Gasteiger partial charge in [0.15, 0.2) is 11.8 Å². The summed E-state index contributed by atoms with van der Waals surface area (Å²) in [6.45, 7) is 8.15. The highest BCUT2D eigenvalue weighted by Gasteiger charge is 2.14. The van der Waals surface area contributed by atoms with Gasteiger partial charge >= 0.3 is 5.97 Å². The van der Waals surface area contributed by atoms with Crippen LogP contribution < -0.4 is 10.9 Å². The van der Waals surface area contributed by atoms with Crippen LogP contribution in [0.3, 0.4) is 0 Å². The van der Waals surface area contributed by atoms with E-state index in [4.69, 9.17) is 4.74 Å². The zero-order chi connectivity index (χ0) is 20.5. The van der Waals surface area contributed by atoms with E-state index in [-0.39, 0.29) is 17.9 Å². The van der Waals surface area contributed by atoms with Crippen LogP contribution in [0.15, 0.2) is 46.9 Å². The molecule has 150 valence electrons. The lowest BCUT2D eigenvalue weighted by Gasteiger charge is -2.14. The Balaban J connectivity index is 2.10. The molecule has 28 heavy (non-hydrogen) atoms. The fourth-order valence-corrected chi connectivity index (χ4v) is 3.21. The monoisotopic (exact) mass is 403 g/mol. The maximum Gasteiger partial charge on any atom is 0.316 e. The molecule has 1 N–H and O–H groups in total. The first-order chi connectivity index (χ1) is 13.4. The van der Waals surface area contributed by atoms with E-state index in [2.05, 4.69) is 30.7 Å². The van der Waals surface area contributed by atoms with E-state index in [0.29, 0.717) is 35.1 Å². The summed E-state index contributed by atoms with van der Waals surface area (Å²) >= 11 is 1.13. The number of carbonyl (C=O) groups excluding carboxylic acids is 2. The molecule has 0 aliphatic carbocycles. The van der Waals surface area contributed by atoms with Gasteiger partial charge in [-0.2, -0.15) is 0 Å². The van der Waals surface area contributed by atoms with E-state index < -0.39 is 11.9 Å². The van der Waals surface area contributed by atoms with Crippen LogP contribution in [-0.2, 0) is 20.9 Å². The number of aromatic nitrogens is 2. The Bertz CT molecular complexity index is 908. The predicted octanol–water partition coefficient (Wildman–Crippen LogP) is 2.38. The predicted molar refractivity (Wildman–Crippen MR) is 110 cm³/mol. The van der Waals surface area contributed by atoms with E-state index >= 15 is 0 Å². The number of fused-ring (bicyclic) bond motifs is 1. The molecule has 0 radical (unpaired) electrons. The molecule has 2 aromatic rings. The van der Waals surface area contributed by atoms with Crippen LogP contribution >= 0.6 is 11.8 Å². The van der Waals surface area contributed by atoms with E-state index in [0.717, 1.165) is 18.2 Å². The molecule has 1 amide bonds. The van der Waals surface area contributed by atoms with Crippen LogP contribution in [0.2, 0.25) is 0 Å². The van der Waals surface area contributed by atoms with Crippen LogP contribution in [0.4, 0.5) is 0 Å². The molecule has 0 saturated carbocycles. The fourth-order valence-electron chi connectivity index (χ4n) is 2.39. The lowest BCUT2D eigenvalue weighted by atomic mass is 10.1. The summed E-state index contributed by atoms with van der Waals surface area (Å²) in [7, 11) is 0. The third-order valence-electron chi connectivity index (χ3n) is 3.88. The molecule has 1 heterocycles. The molecule has 0 spiro atoms. The SMILES string of the molecule is C=CCNC(=O)COC(=O)CSc1nc2ccccc2c(=O)n1CCC(C)C. The van der Waals surface area contributed by atoms with E-state index in [1.807, 2.05) is 6.07 Å². The summed E-state index contributed by atoms with van der Waals surface area (Å²) in [5.41, 5.74) is 0.471. The van der Waals surface area contributed by atoms with Gasteiger partial charge in [0.1, 0.15) is 0 Å². The number of carbonyl (C=O) groups is 2. The molecule has 0 aliphatic heterocycles. The quantitative estimate of drug-likeness (QED) is 0.284. The van der Waals surface area contributed by atoms with Crippen molar-refractivity contribution >= 4 is 34.5 Å². The maximum atomic E-state index is 12.9. The highest BCUT2D eigenvalue weighted by Crippen LogP contribution is 2.19. The summed E-state index contributed by atoms with van der Waals surface area (Å²) in [6, 6.07) is 7.15.